The van der Waals surface area contributed by atoms with E-state index in [1.165, 1.54) is 135 Å². The van der Waals surface area contributed by atoms with Crippen LogP contribution in [-0.4, -0.2) is 80.6 Å². The number of rotatable bonds is 44. The fraction of sp³-hybridized carbons (Fsp3) is 0.824. The Morgan fingerprint density at radius 1 is 0.508 bits per heavy atom. The molecular weight excluding hydrogens is 739 g/mol. The molecule has 0 aliphatic heterocycles. The van der Waals surface area contributed by atoms with Crippen LogP contribution in [0.25, 0.3) is 0 Å². The molecule has 8 heteroatoms. The summed E-state index contributed by atoms with van der Waals surface area (Å²) in [7, 11) is 5.53. The number of carboxylic acids is 1. The van der Waals surface area contributed by atoms with Crippen LogP contribution in [0.3, 0.4) is 0 Å². The molecule has 344 valence electrons. The van der Waals surface area contributed by atoms with Gasteiger partial charge in [-0.3, -0.25) is 9.59 Å². The van der Waals surface area contributed by atoms with E-state index in [-0.39, 0.29) is 36.2 Å². The van der Waals surface area contributed by atoms with Crippen LogP contribution in [0.1, 0.15) is 219 Å². The second kappa shape index (κ2) is 42.2. The molecule has 0 spiro atoms. The van der Waals surface area contributed by atoms with E-state index in [9.17, 15) is 19.5 Å². The Labute approximate surface area is 364 Å². The summed E-state index contributed by atoms with van der Waals surface area (Å²) in [4.78, 5) is 37.1. The van der Waals surface area contributed by atoms with Gasteiger partial charge in [0.25, 0.3) is 0 Å². The van der Waals surface area contributed by atoms with Gasteiger partial charge in [-0.2, -0.15) is 0 Å². The van der Waals surface area contributed by atoms with Crippen molar-refractivity contribution in [1.82, 2.24) is 0 Å². The molecule has 0 aromatic carbocycles. The van der Waals surface area contributed by atoms with Crippen molar-refractivity contribution in [3.8, 4) is 0 Å². The van der Waals surface area contributed by atoms with Crippen molar-refractivity contribution in [2.75, 3.05) is 41.0 Å². The van der Waals surface area contributed by atoms with Crippen molar-refractivity contribution in [3.05, 3.63) is 36.5 Å². The molecule has 0 amide bonds. The maximum absolute atomic E-state index is 12.7. The molecule has 0 aliphatic carbocycles. The predicted octanol–water partition coefficient (Wildman–Crippen LogP) is 13.8. The minimum Gasteiger partial charge on any atom is -0.477 e. The zero-order chi connectivity index (χ0) is 43.5. The lowest BCUT2D eigenvalue weighted by atomic mass is 10.0. The first-order valence-electron chi connectivity index (χ1n) is 24.5. The van der Waals surface area contributed by atoms with E-state index >= 15 is 0 Å². The highest BCUT2D eigenvalue weighted by molar-refractivity contribution is 5.72. The highest BCUT2D eigenvalue weighted by Crippen LogP contribution is 2.15. The van der Waals surface area contributed by atoms with E-state index in [2.05, 4.69) is 50.3 Å². The monoisotopic (exact) mass is 833 g/mol. The summed E-state index contributed by atoms with van der Waals surface area (Å²) in [6.07, 6.45) is 49.0. The SMILES string of the molecule is CCCCC/C=C/C/C=C/C/C=C/CCCCCCCCCCCC(=O)OCC(COCCC(C(=O)O)[N+](C)(C)C)OC(=O)CCCCCCCCCCCCCCC. The van der Waals surface area contributed by atoms with Crippen LogP contribution in [-0.2, 0) is 28.6 Å². The third kappa shape index (κ3) is 40.7. The second-order valence-corrected chi connectivity index (χ2v) is 17.7. The molecule has 1 N–H and O–H groups in total. The molecule has 0 heterocycles. The van der Waals surface area contributed by atoms with E-state index in [1.54, 1.807) is 0 Å². The average Bonchev–Trinajstić information content (AvgIpc) is 3.19. The van der Waals surface area contributed by atoms with Crippen LogP contribution in [0.5, 0.6) is 0 Å². The fourth-order valence-electron chi connectivity index (χ4n) is 7.22. The summed E-state index contributed by atoms with van der Waals surface area (Å²) in [6.45, 7) is 4.72. The maximum Gasteiger partial charge on any atom is 0.362 e. The van der Waals surface area contributed by atoms with Crippen molar-refractivity contribution >= 4 is 17.9 Å². The van der Waals surface area contributed by atoms with Gasteiger partial charge in [-0.25, -0.2) is 4.79 Å². The Morgan fingerprint density at radius 3 is 1.36 bits per heavy atom. The Bertz CT molecular complexity index is 1060. The molecule has 0 bridgehead atoms. The fourth-order valence-corrected chi connectivity index (χ4v) is 7.22. The molecule has 0 radical (unpaired) electrons. The molecule has 0 rings (SSSR count). The van der Waals surface area contributed by atoms with Crippen molar-refractivity contribution in [3.63, 3.8) is 0 Å². The van der Waals surface area contributed by atoms with Gasteiger partial charge in [-0.15, -0.1) is 0 Å². The van der Waals surface area contributed by atoms with Gasteiger partial charge in [-0.1, -0.05) is 185 Å². The number of esters is 2. The van der Waals surface area contributed by atoms with Crippen molar-refractivity contribution in [1.29, 1.82) is 0 Å². The molecule has 59 heavy (non-hydrogen) atoms. The third-order valence-corrected chi connectivity index (χ3v) is 11.0. The van der Waals surface area contributed by atoms with Gasteiger partial charge in [0, 0.05) is 19.3 Å². The summed E-state index contributed by atoms with van der Waals surface area (Å²) in [5, 5.41) is 9.63. The molecule has 0 aromatic heterocycles. The second-order valence-electron chi connectivity index (χ2n) is 17.7. The summed E-state index contributed by atoms with van der Waals surface area (Å²) in [5.74, 6) is -1.46. The molecule has 0 saturated heterocycles. The number of hydrogen-bond acceptors (Lipinski definition) is 6. The number of hydrogen-bond donors (Lipinski definition) is 1. The molecule has 0 aliphatic rings. The van der Waals surface area contributed by atoms with Crippen molar-refractivity contribution < 1.29 is 38.2 Å². The number of nitrogens with zero attached hydrogens (tertiary/aromatic N) is 1. The summed E-state index contributed by atoms with van der Waals surface area (Å²) >= 11 is 0. The van der Waals surface area contributed by atoms with Gasteiger partial charge in [0.15, 0.2) is 12.1 Å². The minimum atomic E-state index is -0.874. The third-order valence-electron chi connectivity index (χ3n) is 11.0. The highest BCUT2D eigenvalue weighted by Gasteiger charge is 2.31. The normalized spacial score (nSPS) is 13.2. The lowest BCUT2D eigenvalue weighted by Gasteiger charge is -2.31. The van der Waals surface area contributed by atoms with E-state index in [1.807, 2.05) is 21.1 Å². The van der Waals surface area contributed by atoms with Crippen LogP contribution in [0.4, 0.5) is 0 Å². The number of carbonyl (C=O) groups excluding carboxylic acids is 2. The zero-order valence-corrected chi connectivity index (χ0v) is 39.2. The number of likely N-dealkylation sites (N-methyl/N-ethyl adjacent to an activating group) is 1. The number of unbranched alkanes of at least 4 members (excludes halogenated alkanes) is 24. The van der Waals surface area contributed by atoms with Crippen molar-refractivity contribution in [2.24, 2.45) is 0 Å². The number of allylic oxidation sites excluding steroid dienone is 6. The summed E-state index contributed by atoms with van der Waals surface area (Å²) < 4.78 is 17.3. The highest BCUT2D eigenvalue weighted by atomic mass is 16.6. The Balaban J connectivity index is 4.22. The molecule has 0 aromatic rings. The quantitative estimate of drug-likeness (QED) is 0.0282. The smallest absolute Gasteiger partial charge is 0.362 e. The molecule has 0 saturated carbocycles. The average molecular weight is 833 g/mol. The van der Waals surface area contributed by atoms with E-state index in [4.69, 9.17) is 14.2 Å². The first-order valence-corrected chi connectivity index (χ1v) is 24.5. The first-order chi connectivity index (χ1) is 28.6. The van der Waals surface area contributed by atoms with Crippen LogP contribution in [0.2, 0.25) is 0 Å². The minimum absolute atomic E-state index is 0.0508. The standard InChI is InChI=1S/C51H93NO7/c1-6-8-10-12-14-16-18-20-21-22-23-24-25-26-27-28-30-31-33-35-37-39-41-49(53)58-46-47(45-57-44-43-48(51(55)56)52(3,4)5)59-50(54)42-40-38-36-34-32-29-19-17-15-13-11-9-7-2/h14,16,20-21,23-24,47-48H,6-13,15,17-19,22,25-46H2,1-5H3/p+1/b16-14+,21-20+,24-23+. The molecule has 2 atom stereocenters. The van der Waals surface area contributed by atoms with Crippen molar-refractivity contribution in [2.45, 2.75) is 231 Å². The Hall–Kier alpha value is -2.45. The molecule has 0 fully saturated rings. The van der Waals surface area contributed by atoms with Gasteiger partial charge in [0.05, 0.1) is 34.4 Å². The van der Waals surface area contributed by atoms with Gasteiger partial charge >= 0.3 is 17.9 Å². The van der Waals surface area contributed by atoms with Crippen LogP contribution in [0, 0.1) is 0 Å². The first kappa shape index (κ1) is 56.5. The summed E-state index contributed by atoms with van der Waals surface area (Å²) in [6, 6.07) is -0.613. The lowest BCUT2D eigenvalue weighted by molar-refractivity contribution is -0.887. The van der Waals surface area contributed by atoms with Crippen LogP contribution in [0.15, 0.2) is 36.5 Å². The largest absolute Gasteiger partial charge is 0.477 e. The molecule has 2 unspecified atom stereocenters. The maximum atomic E-state index is 12.7. The molecular formula is C51H94NO7+. The number of quaternary nitrogens is 1. The molecule has 8 nitrogen and oxygen atoms in total. The number of carbonyl (C=O) groups is 3. The van der Waals surface area contributed by atoms with Gasteiger partial charge in [0.2, 0.25) is 0 Å². The topological polar surface area (TPSA) is 99.1 Å². The lowest BCUT2D eigenvalue weighted by Crippen LogP contribution is -2.50. The number of ether oxygens (including phenoxy) is 3. The van der Waals surface area contributed by atoms with Crippen LogP contribution < -0.4 is 0 Å². The Kier molecular flexibility index (Phi) is 40.5. The number of carboxylic acid groups (broad SMARTS) is 1. The van der Waals surface area contributed by atoms with E-state index in [0.29, 0.717) is 19.3 Å². The predicted molar refractivity (Wildman–Crippen MR) is 248 cm³/mol. The zero-order valence-electron chi connectivity index (χ0n) is 39.2. The van der Waals surface area contributed by atoms with E-state index in [0.717, 1.165) is 51.4 Å². The van der Waals surface area contributed by atoms with Gasteiger partial charge in [0.1, 0.15) is 6.61 Å². The Morgan fingerprint density at radius 2 is 0.898 bits per heavy atom. The summed E-state index contributed by atoms with van der Waals surface area (Å²) in [5.41, 5.74) is 0. The number of aliphatic carboxylic acids is 1. The van der Waals surface area contributed by atoms with Crippen LogP contribution >= 0.6 is 0 Å². The van der Waals surface area contributed by atoms with E-state index < -0.39 is 18.1 Å². The van der Waals surface area contributed by atoms with Gasteiger partial charge in [-0.05, 0) is 51.4 Å². The van der Waals surface area contributed by atoms with Gasteiger partial charge < -0.3 is 23.8 Å².